The van der Waals surface area contributed by atoms with Crippen molar-refractivity contribution >= 4 is 17.9 Å². The minimum absolute atomic E-state index is 0.176. The maximum Gasteiger partial charge on any atom is 0.361 e. The second-order valence-electron chi connectivity index (χ2n) is 21.7. The molecule has 0 spiro atoms. The number of hydrogen-bond acceptors (Lipinski definition) is 7. The van der Waals surface area contributed by atoms with E-state index in [0.717, 1.165) is 38.5 Å². The van der Waals surface area contributed by atoms with Gasteiger partial charge in [0.1, 0.15) is 13.2 Å². The number of rotatable bonds is 56. The van der Waals surface area contributed by atoms with Crippen LogP contribution in [0.15, 0.2) is 12.2 Å². The molecule has 0 bridgehead atoms. The van der Waals surface area contributed by atoms with Gasteiger partial charge in [0, 0.05) is 12.8 Å². The zero-order valence-electron chi connectivity index (χ0n) is 46.5. The van der Waals surface area contributed by atoms with Crippen molar-refractivity contribution in [1.82, 2.24) is 0 Å². The predicted octanol–water partition coefficient (Wildman–Crippen LogP) is 17.4. The molecule has 0 aliphatic rings. The highest BCUT2D eigenvalue weighted by Gasteiger charge is 2.25. The molecule has 408 valence electrons. The highest BCUT2D eigenvalue weighted by atomic mass is 16.7. The largest absolute Gasteiger partial charge is 0.477 e. The number of hydrogen-bond donors (Lipinski definition) is 1. The van der Waals surface area contributed by atoms with Crippen molar-refractivity contribution in [3.63, 3.8) is 0 Å². The molecule has 2 atom stereocenters. The summed E-state index contributed by atoms with van der Waals surface area (Å²) in [5.74, 6) is -1.98. The Hall–Kier alpha value is -1.97. The highest BCUT2D eigenvalue weighted by Crippen LogP contribution is 2.18. The van der Waals surface area contributed by atoms with Crippen LogP contribution in [0, 0.1) is 0 Å². The third-order valence-electron chi connectivity index (χ3n) is 13.5. The number of unbranched alkanes of at least 4 members (excludes halogenated alkanes) is 39. The summed E-state index contributed by atoms with van der Waals surface area (Å²) < 4.78 is 22.9. The summed E-state index contributed by atoms with van der Waals surface area (Å²) in [5, 5.41) is 9.70. The molecule has 1 N–H and O–H groups in total. The number of quaternary nitrogens is 1. The molecule has 2 unspecified atom stereocenters. The monoisotopic (exact) mass is 979 g/mol. The Bertz CT molecular complexity index is 1140. The number of allylic oxidation sites excluding steroid dienone is 2. The van der Waals surface area contributed by atoms with Gasteiger partial charge in [-0.25, -0.2) is 4.79 Å². The van der Waals surface area contributed by atoms with Crippen LogP contribution in [0.4, 0.5) is 0 Å². The van der Waals surface area contributed by atoms with Crippen molar-refractivity contribution in [1.29, 1.82) is 0 Å². The van der Waals surface area contributed by atoms with Gasteiger partial charge in [-0.15, -0.1) is 0 Å². The lowest BCUT2D eigenvalue weighted by molar-refractivity contribution is -0.870. The topological polar surface area (TPSA) is 108 Å². The van der Waals surface area contributed by atoms with Crippen LogP contribution in [0.1, 0.15) is 296 Å². The average Bonchev–Trinajstić information content (AvgIpc) is 3.31. The normalized spacial score (nSPS) is 12.8. The zero-order chi connectivity index (χ0) is 50.6. The van der Waals surface area contributed by atoms with Crippen molar-refractivity contribution in [3.8, 4) is 0 Å². The fraction of sp³-hybridized carbons (Fsp3) is 0.917. The van der Waals surface area contributed by atoms with Crippen molar-refractivity contribution in [2.45, 2.75) is 309 Å². The highest BCUT2D eigenvalue weighted by molar-refractivity contribution is 5.71. The van der Waals surface area contributed by atoms with Crippen LogP contribution in [0.2, 0.25) is 0 Å². The zero-order valence-corrected chi connectivity index (χ0v) is 46.5. The fourth-order valence-electron chi connectivity index (χ4n) is 8.89. The number of carboxylic acids is 1. The van der Waals surface area contributed by atoms with Gasteiger partial charge in [0.25, 0.3) is 6.29 Å². The molecule has 0 aliphatic heterocycles. The van der Waals surface area contributed by atoms with Gasteiger partial charge >= 0.3 is 17.9 Å². The predicted molar refractivity (Wildman–Crippen MR) is 291 cm³/mol. The van der Waals surface area contributed by atoms with Crippen LogP contribution in [0.25, 0.3) is 0 Å². The van der Waals surface area contributed by atoms with Crippen molar-refractivity contribution in [2.75, 3.05) is 47.5 Å². The Morgan fingerprint density at radius 2 is 0.739 bits per heavy atom. The Morgan fingerprint density at radius 1 is 0.420 bits per heavy atom. The number of ether oxygens (including phenoxy) is 4. The first-order valence-electron chi connectivity index (χ1n) is 29.9. The lowest BCUT2D eigenvalue weighted by Crippen LogP contribution is -2.40. The van der Waals surface area contributed by atoms with E-state index in [2.05, 4.69) is 26.0 Å². The summed E-state index contributed by atoms with van der Waals surface area (Å²) in [6, 6.07) is 0. The first kappa shape index (κ1) is 67.0. The second kappa shape index (κ2) is 52.4. The number of carboxylic acid groups (broad SMARTS) is 1. The summed E-state index contributed by atoms with van der Waals surface area (Å²) >= 11 is 0. The Balaban J connectivity index is 4.19. The molecule has 9 heteroatoms. The number of carbonyl (C=O) groups is 3. The number of aliphatic carboxylic acids is 1. The maximum absolute atomic E-state index is 12.9. The molecule has 0 amide bonds. The van der Waals surface area contributed by atoms with Crippen LogP contribution >= 0.6 is 0 Å². The molecule has 0 fully saturated rings. The van der Waals surface area contributed by atoms with Crippen LogP contribution in [0.3, 0.4) is 0 Å². The van der Waals surface area contributed by atoms with Gasteiger partial charge in [0.15, 0.2) is 6.10 Å². The van der Waals surface area contributed by atoms with E-state index in [1.165, 1.54) is 231 Å². The third-order valence-corrected chi connectivity index (χ3v) is 13.5. The molecule has 0 aromatic rings. The first-order valence-corrected chi connectivity index (χ1v) is 29.9. The SMILES string of the molecule is CCCCCCCCCC/C=C\CCCCCCCCCCCC(=O)OC(COC(=O)CCCCCCCCCCCCCCCCCCCCCCCCC)COC(OCC[N+](C)(C)C)C(=O)O. The smallest absolute Gasteiger partial charge is 0.361 e. The summed E-state index contributed by atoms with van der Waals surface area (Å²) in [5.41, 5.74) is 0. The molecular weight excluding hydrogens is 863 g/mol. The van der Waals surface area contributed by atoms with Gasteiger partial charge in [-0.1, -0.05) is 257 Å². The van der Waals surface area contributed by atoms with E-state index < -0.39 is 18.4 Å². The van der Waals surface area contributed by atoms with Gasteiger partial charge in [-0.2, -0.15) is 0 Å². The Morgan fingerprint density at radius 3 is 1.07 bits per heavy atom. The molecule has 9 nitrogen and oxygen atoms in total. The Labute approximate surface area is 427 Å². The number of carbonyl (C=O) groups excluding carboxylic acids is 2. The molecule has 0 aromatic heterocycles. The maximum atomic E-state index is 12.9. The average molecular weight is 980 g/mol. The molecule has 0 rings (SSSR count). The minimum Gasteiger partial charge on any atom is -0.477 e. The third kappa shape index (κ3) is 53.7. The Kier molecular flexibility index (Phi) is 50.9. The van der Waals surface area contributed by atoms with E-state index in [-0.39, 0.29) is 38.2 Å². The van der Waals surface area contributed by atoms with E-state index in [4.69, 9.17) is 18.9 Å². The van der Waals surface area contributed by atoms with E-state index in [1.807, 2.05) is 21.1 Å². The summed E-state index contributed by atoms with van der Waals surface area (Å²) in [4.78, 5) is 37.4. The lowest BCUT2D eigenvalue weighted by Gasteiger charge is -2.25. The van der Waals surface area contributed by atoms with Crippen LogP contribution in [-0.4, -0.2) is 87.4 Å². The van der Waals surface area contributed by atoms with Gasteiger partial charge in [-0.05, 0) is 38.5 Å². The van der Waals surface area contributed by atoms with E-state index in [1.54, 1.807) is 0 Å². The molecule has 0 aliphatic carbocycles. The second-order valence-corrected chi connectivity index (χ2v) is 21.7. The molecule has 0 aromatic carbocycles. The van der Waals surface area contributed by atoms with Gasteiger partial charge in [0.05, 0.1) is 34.4 Å². The molecule has 0 radical (unpaired) electrons. The van der Waals surface area contributed by atoms with Gasteiger partial charge < -0.3 is 28.5 Å². The van der Waals surface area contributed by atoms with E-state index >= 15 is 0 Å². The lowest BCUT2D eigenvalue weighted by atomic mass is 10.0. The molecule has 0 heterocycles. The van der Waals surface area contributed by atoms with Crippen molar-refractivity contribution in [3.05, 3.63) is 12.2 Å². The molecule has 69 heavy (non-hydrogen) atoms. The van der Waals surface area contributed by atoms with Crippen molar-refractivity contribution < 1.29 is 42.9 Å². The van der Waals surface area contributed by atoms with Crippen LogP contribution < -0.4 is 0 Å². The quantitative estimate of drug-likeness (QED) is 0.0211. The molecule has 0 saturated heterocycles. The number of esters is 2. The van der Waals surface area contributed by atoms with Crippen molar-refractivity contribution in [2.24, 2.45) is 0 Å². The number of nitrogens with zero attached hydrogens (tertiary/aromatic N) is 1. The minimum atomic E-state index is -1.51. The van der Waals surface area contributed by atoms with Crippen LogP contribution in [-0.2, 0) is 33.3 Å². The van der Waals surface area contributed by atoms with E-state index in [0.29, 0.717) is 17.4 Å². The molecular formula is C60H116NO8+. The van der Waals surface area contributed by atoms with Gasteiger partial charge in [-0.3, -0.25) is 9.59 Å². The molecule has 0 saturated carbocycles. The summed E-state index contributed by atoms with van der Waals surface area (Å²) in [7, 11) is 5.98. The standard InChI is InChI=1S/C60H115NO8/c1-6-8-10-12-14-16-18-20-22-24-26-28-29-31-32-34-36-38-40-42-44-46-48-50-57(62)67-54-56(55-68-60(59(64)65)66-53-52-61(3,4)5)69-58(63)51-49-47-45-43-41-39-37-35-33-30-27-25-23-21-19-17-15-13-11-9-7-2/h25,27,56,60H,6-24,26,28-55H2,1-5H3/p+1/b27-25-. The van der Waals surface area contributed by atoms with Crippen LogP contribution in [0.5, 0.6) is 0 Å². The first-order chi connectivity index (χ1) is 33.6. The number of likely N-dealkylation sites (N-methyl/N-ethyl adjacent to an activating group) is 1. The van der Waals surface area contributed by atoms with Gasteiger partial charge in [0.2, 0.25) is 0 Å². The van der Waals surface area contributed by atoms with E-state index in [9.17, 15) is 19.5 Å². The summed E-state index contributed by atoms with van der Waals surface area (Å²) in [6.07, 6.45) is 57.2. The summed E-state index contributed by atoms with van der Waals surface area (Å²) in [6.45, 7) is 4.94. The fourth-order valence-corrected chi connectivity index (χ4v) is 8.89.